The summed E-state index contributed by atoms with van der Waals surface area (Å²) >= 11 is 0. The van der Waals surface area contributed by atoms with E-state index in [2.05, 4.69) is 44.5 Å². The number of hydrogen-bond donors (Lipinski definition) is 2. The number of nitrogens with one attached hydrogen (secondary N) is 2. The highest BCUT2D eigenvalue weighted by Crippen LogP contribution is 2.29. The summed E-state index contributed by atoms with van der Waals surface area (Å²) in [5, 5.41) is 7.19. The fraction of sp³-hybridized carbons (Fsp3) is 0.696. The predicted octanol–water partition coefficient (Wildman–Crippen LogP) is 3.57. The summed E-state index contributed by atoms with van der Waals surface area (Å²) in [6.07, 6.45) is 6.23. The smallest absolute Gasteiger partial charge is 0.191 e. The summed E-state index contributed by atoms with van der Waals surface area (Å²) in [5.74, 6) is 2.73. The number of rotatable bonds is 7. The minimum Gasteiger partial charge on any atom is -0.495 e. The molecule has 170 valence electrons. The Bertz CT molecular complexity index is 648. The molecular weight excluding hydrogens is 489 g/mol. The molecule has 0 aromatic heterocycles. The minimum absolute atomic E-state index is 0. The monoisotopic (exact) mass is 529 g/mol. The molecule has 2 fully saturated rings. The first kappa shape index (κ1) is 25.0. The second kappa shape index (κ2) is 13.2. The van der Waals surface area contributed by atoms with Crippen LogP contribution in [0.1, 0.15) is 39.0 Å². The SMILES string of the molecule is CCN1CCC(CCNC(=NC)NC2CCCN(c3ccccc3OC)C2)CC1.I. The van der Waals surface area contributed by atoms with Gasteiger partial charge in [0.25, 0.3) is 0 Å². The van der Waals surface area contributed by atoms with Crippen molar-refractivity contribution >= 4 is 35.6 Å². The van der Waals surface area contributed by atoms with E-state index >= 15 is 0 Å². The molecular formula is C23H40IN5O. The molecule has 2 saturated heterocycles. The molecule has 0 spiro atoms. The van der Waals surface area contributed by atoms with Gasteiger partial charge in [0.2, 0.25) is 0 Å². The topological polar surface area (TPSA) is 52.1 Å². The van der Waals surface area contributed by atoms with E-state index in [1.807, 2.05) is 19.2 Å². The number of anilines is 1. The molecule has 6 nitrogen and oxygen atoms in total. The molecule has 7 heteroatoms. The number of likely N-dealkylation sites (tertiary alicyclic amines) is 1. The molecule has 1 atom stereocenters. The van der Waals surface area contributed by atoms with Gasteiger partial charge in [-0.1, -0.05) is 19.1 Å². The Labute approximate surface area is 199 Å². The number of hydrogen-bond acceptors (Lipinski definition) is 4. The van der Waals surface area contributed by atoms with E-state index in [9.17, 15) is 0 Å². The molecule has 1 aromatic rings. The van der Waals surface area contributed by atoms with Crippen LogP contribution in [-0.4, -0.2) is 70.3 Å². The van der Waals surface area contributed by atoms with E-state index < -0.39 is 0 Å². The van der Waals surface area contributed by atoms with Gasteiger partial charge in [0.05, 0.1) is 12.8 Å². The van der Waals surface area contributed by atoms with Crippen molar-refractivity contribution in [1.82, 2.24) is 15.5 Å². The Morgan fingerprint density at radius 1 is 1.17 bits per heavy atom. The summed E-state index contributed by atoms with van der Waals surface area (Å²) in [5.41, 5.74) is 1.18. The molecule has 3 rings (SSSR count). The zero-order chi connectivity index (χ0) is 20.5. The first-order valence-electron chi connectivity index (χ1n) is 11.3. The van der Waals surface area contributed by atoms with Crippen LogP contribution >= 0.6 is 24.0 Å². The molecule has 0 bridgehead atoms. The Kier molecular flexibility index (Phi) is 11.1. The van der Waals surface area contributed by atoms with Gasteiger partial charge in [-0.2, -0.15) is 0 Å². The molecule has 0 radical (unpaired) electrons. The average molecular weight is 530 g/mol. The summed E-state index contributed by atoms with van der Waals surface area (Å²) in [6, 6.07) is 8.70. The Balaban J connectivity index is 0.00000320. The summed E-state index contributed by atoms with van der Waals surface area (Å²) in [6.45, 7) is 9.01. The third kappa shape index (κ3) is 7.18. The van der Waals surface area contributed by atoms with Crippen LogP contribution in [0.3, 0.4) is 0 Å². The van der Waals surface area contributed by atoms with Gasteiger partial charge >= 0.3 is 0 Å². The maximum Gasteiger partial charge on any atom is 0.191 e. The second-order valence-corrected chi connectivity index (χ2v) is 8.27. The van der Waals surface area contributed by atoms with E-state index in [4.69, 9.17) is 4.74 Å². The van der Waals surface area contributed by atoms with Gasteiger partial charge in [0, 0.05) is 32.7 Å². The standard InChI is InChI=1S/C23H39N5O.HI/c1-4-27-16-12-19(13-17-27)11-14-25-23(24-2)26-20-8-7-15-28(18-20)21-9-5-6-10-22(21)29-3;/h5-6,9-10,19-20H,4,7-8,11-18H2,1-3H3,(H2,24,25,26);1H. The van der Waals surface area contributed by atoms with Gasteiger partial charge in [0.1, 0.15) is 5.75 Å². The van der Waals surface area contributed by atoms with Crippen LogP contribution in [0.5, 0.6) is 5.75 Å². The third-order valence-electron chi connectivity index (χ3n) is 6.41. The van der Waals surface area contributed by atoms with Crippen LogP contribution in [0.25, 0.3) is 0 Å². The van der Waals surface area contributed by atoms with Crippen molar-refractivity contribution in [2.45, 2.75) is 45.1 Å². The van der Waals surface area contributed by atoms with Crippen LogP contribution < -0.4 is 20.3 Å². The molecule has 0 amide bonds. The summed E-state index contributed by atoms with van der Waals surface area (Å²) < 4.78 is 5.56. The number of benzene rings is 1. The quantitative estimate of drug-likeness (QED) is 0.322. The summed E-state index contributed by atoms with van der Waals surface area (Å²) in [4.78, 5) is 9.45. The fourth-order valence-corrected chi connectivity index (χ4v) is 4.58. The van der Waals surface area contributed by atoms with Gasteiger partial charge in [0.15, 0.2) is 5.96 Å². The number of halogens is 1. The lowest BCUT2D eigenvalue weighted by Gasteiger charge is -2.36. The molecule has 30 heavy (non-hydrogen) atoms. The number of nitrogens with zero attached hydrogens (tertiary/aromatic N) is 3. The fourth-order valence-electron chi connectivity index (χ4n) is 4.58. The number of aliphatic imine (C=N–C) groups is 1. The molecule has 0 saturated carbocycles. The van der Waals surface area contributed by atoms with Gasteiger partial charge < -0.3 is 25.2 Å². The molecule has 1 unspecified atom stereocenters. The van der Waals surface area contributed by atoms with E-state index in [0.29, 0.717) is 6.04 Å². The van der Waals surface area contributed by atoms with Crippen LogP contribution in [0, 0.1) is 5.92 Å². The normalized spacial score (nSPS) is 21.1. The Morgan fingerprint density at radius 2 is 1.93 bits per heavy atom. The zero-order valence-electron chi connectivity index (χ0n) is 18.9. The lowest BCUT2D eigenvalue weighted by atomic mass is 9.93. The van der Waals surface area contributed by atoms with E-state index in [-0.39, 0.29) is 24.0 Å². The first-order chi connectivity index (χ1) is 14.2. The number of methoxy groups -OCH3 is 1. The average Bonchev–Trinajstić information content (AvgIpc) is 2.79. The summed E-state index contributed by atoms with van der Waals surface area (Å²) in [7, 11) is 3.62. The number of piperidine rings is 2. The third-order valence-corrected chi connectivity index (χ3v) is 6.41. The Morgan fingerprint density at radius 3 is 2.63 bits per heavy atom. The van der Waals surface area contributed by atoms with Gasteiger partial charge in [-0.15, -0.1) is 24.0 Å². The van der Waals surface area contributed by atoms with Crippen LogP contribution in [0.15, 0.2) is 29.3 Å². The molecule has 2 aliphatic rings. The van der Waals surface area contributed by atoms with Crippen molar-refractivity contribution < 1.29 is 4.74 Å². The van der Waals surface area contributed by atoms with Crippen LogP contribution in [0.4, 0.5) is 5.69 Å². The highest BCUT2D eigenvalue weighted by Gasteiger charge is 2.23. The number of ether oxygens (including phenoxy) is 1. The first-order valence-corrected chi connectivity index (χ1v) is 11.3. The van der Waals surface area contributed by atoms with E-state index in [1.165, 1.54) is 57.4 Å². The largest absolute Gasteiger partial charge is 0.495 e. The second-order valence-electron chi connectivity index (χ2n) is 8.27. The van der Waals surface area contributed by atoms with Crippen molar-refractivity contribution in [1.29, 1.82) is 0 Å². The van der Waals surface area contributed by atoms with Gasteiger partial charge in [-0.05, 0) is 69.8 Å². The van der Waals surface area contributed by atoms with Crippen molar-refractivity contribution in [3.8, 4) is 5.75 Å². The van der Waals surface area contributed by atoms with Crippen LogP contribution in [-0.2, 0) is 0 Å². The van der Waals surface area contributed by atoms with Crippen molar-refractivity contribution in [2.24, 2.45) is 10.9 Å². The zero-order valence-corrected chi connectivity index (χ0v) is 21.2. The number of para-hydroxylation sites is 2. The molecule has 2 aliphatic heterocycles. The molecule has 0 aliphatic carbocycles. The lowest BCUT2D eigenvalue weighted by molar-refractivity contribution is 0.187. The van der Waals surface area contributed by atoms with Crippen molar-refractivity contribution in [3.63, 3.8) is 0 Å². The molecule has 1 aromatic carbocycles. The van der Waals surface area contributed by atoms with Gasteiger partial charge in [-0.25, -0.2) is 0 Å². The lowest BCUT2D eigenvalue weighted by Crippen LogP contribution is -2.51. The minimum atomic E-state index is 0. The highest BCUT2D eigenvalue weighted by molar-refractivity contribution is 14.0. The number of guanidine groups is 1. The van der Waals surface area contributed by atoms with E-state index in [1.54, 1.807) is 7.11 Å². The van der Waals surface area contributed by atoms with Crippen molar-refractivity contribution in [2.75, 3.05) is 58.3 Å². The molecule has 2 heterocycles. The predicted molar refractivity (Wildman–Crippen MR) is 138 cm³/mol. The highest BCUT2D eigenvalue weighted by atomic mass is 127. The Hall–Kier alpha value is -1.22. The maximum atomic E-state index is 5.56. The van der Waals surface area contributed by atoms with Gasteiger partial charge in [-0.3, -0.25) is 4.99 Å². The maximum absolute atomic E-state index is 5.56. The molecule has 2 N–H and O–H groups in total. The van der Waals surface area contributed by atoms with Crippen LogP contribution in [0.2, 0.25) is 0 Å². The van der Waals surface area contributed by atoms with Crippen molar-refractivity contribution in [3.05, 3.63) is 24.3 Å². The van der Waals surface area contributed by atoms with E-state index in [0.717, 1.165) is 37.3 Å².